The predicted octanol–water partition coefficient (Wildman–Crippen LogP) is 4.27. The van der Waals surface area contributed by atoms with Crippen molar-refractivity contribution in [3.05, 3.63) is 86.9 Å². The lowest BCUT2D eigenvalue weighted by Gasteiger charge is -1.99. The molecule has 0 aliphatic rings. The largest absolute Gasteiger partial charge is 0.422 e. The van der Waals surface area contributed by atoms with E-state index in [9.17, 15) is 14.9 Å². The number of thiazole rings is 1. The van der Waals surface area contributed by atoms with Crippen molar-refractivity contribution in [1.82, 2.24) is 4.98 Å². The molecule has 0 unspecified atom stereocenters. The molecule has 0 saturated carbocycles. The van der Waals surface area contributed by atoms with Crippen LogP contribution in [0.4, 0.5) is 10.8 Å². The highest BCUT2D eigenvalue weighted by Gasteiger charge is 2.11. The number of hydrogen-bond acceptors (Lipinski definition) is 8. The third-order valence-electron chi connectivity index (χ3n) is 3.87. The van der Waals surface area contributed by atoms with Gasteiger partial charge in [0.15, 0.2) is 0 Å². The zero-order valence-electron chi connectivity index (χ0n) is 14.2. The zero-order valence-corrected chi connectivity index (χ0v) is 15.1. The first-order chi connectivity index (χ1) is 13.6. The van der Waals surface area contributed by atoms with Crippen LogP contribution in [-0.4, -0.2) is 16.1 Å². The zero-order chi connectivity index (χ0) is 19.5. The quantitative estimate of drug-likeness (QED) is 0.235. The van der Waals surface area contributed by atoms with Crippen molar-refractivity contribution >= 4 is 39.3 Å². The predicted molar refractivity (Wildman–Crippen MR) is 108 cm³/mol. The molecule has 8 nitrogen and oxygen atoms in total. The highest BCUT2D eigenvalue weighted by atomic mass is 32.1. The Hall–Kier alpha value is -3.85. The van der Waals surface area contributed by atoms with Crippen LogP contribution in [0.2, 0.25) is 0 Å². The fraction of sp³-hybridized carbons (Fsp3) is 0. The molecule has 2 aromatic heterocycles. The van der Waals surface area contributed by atoms with Gasteiger partial charge in [-0.3, -0.25) is 15.5 Å². The molecule has 0 bridgehead atoms. The Morgan fingerprint density at radius 1 is 1.18 bits per heavy atom. The molecule has 0 amide bonds. The lowest BCUT2D eigenvalue weighted by molar-refractivity contribution is -0.384. The fourth-order valence-corrected chi connectivity index (χ4v) is 3.33. The number of nitro groups is 1. The van der Waals surface area contributed by atoms with Crippen molar-refractivity contribution in [2.45, 2.75) is 0 Å². The summed E-state index contributed by atoms with van der Waals surface area (Å²) < 4.78 is 5.34. The number of nitrogens with zero attached hydrogens (tertiary/aromatic N) is 3. The van der Waals surface area contributed by atoms with Crippen LogP contribution >= 0.6 is 11.3 Å². The third kappa shape index (κ3) is 3.64. The van der Waals surface area contributed by atoms with Gasteiger partial charge < -0.3 is 4.42 Å². The van der Waals surface area contributed by atoms with Gasteiger partial charge in [-0.2, -0.15) is 5.10 Å². The Bertz CT molecular complexity index is 1260. The Labute approximate surface area is 161 Å². The number of nitrogens with one attached hydrogen (secondary N) is 1. The van der Waals surface area contributed by atoms with Gasteiger partial charge in [-0.25, -0.2) is 9.78 Å². The van der Waals surface area contributed by atoms with E-state index >= 15 is 0 Å². The number of fused-ring (bicyclic) bond motifs is 1. The molecule has 9 heteroatoms. The summed E-state index contributed by atoms with van der Waals surface area (Å²) in [7, 11) is 0. The first-order valence-electron chi connectivity index (χ1n) is 8.13. The summed E-state index contributed by atoms with van der Waals surface area (Å²) in [6.45, 7) is 0. The molecule has 0 fully saturated rings. The van der Waals surface area contributed by atoms with Gasteiger partial charge in [-0.05, 0) is 12.1 Å². The van der Waals surface area contributed by atoms with Gasteiger partial charge in [0.05, 0.1) is 21.6 Å². The van der Waals surface area contributed by atoms with Crippen molar-refractivity contribution in [3.8, 4) is 10.4 Å². The van der Waals surface area contributed by atoms with E-state index in [2.05, 4.69) is 15.5 Å². The minimum atomic E-state index is -0.465. The summed E-state index contributed by atoms with van der Waals surface area (Å²) in [5.74, 6) is 0. The molecule has 0 aliphatic heterocycles. The molecular weight excluding hydrogens is 380 g/mol. The second-order valence-corrected chi connectivity index (χ2v) is 6.77. The van der Waals surface area contributed by atoms with E-state index in [0.717, 1.165) is 5.39 Å². The lowest BCUT2D eigenvalue weighted by atomic mass is 10.2. The van der Waals surface area contributed by atoms with Crippen LogP contribution < -0.4 is 11.1 Å². The van der Waals surface area contributed by atoms with E-state index in [1.54, 1.807) is 36.5 Å². The second kappa shape index (κ2) is 7.41. The average molecular weight is 392 g/mol. The van der Waals surface area contributed by atoms with Crippen molar-refractivity contribution < 1.29 is 9.34 Å². The van der Waals surface area contributed by atoms with Gasteiger partial charge in [0.25, 0.3) is 5.69 Å². The van der Waals surface area contributed by atoms with Gasteiger partial charge >= 0.3 is 5.63 Å². The first-order valence-corrected chi connectivity index (χ1v) is 8.94. The number of hydrazone groups is 1. The average Bonchev–Trinajstić information content (AvgIpc) is 3.16. The van der Waals surface area contributed by atoms with Gasteiger partial charge in [0.1, 0.15) is 5.58 Å². The monoisotopic (exact) mass is 392 g/mol. The van der Waals surface area contributed by atoms with Crippen molar-refractivity contribution in [2.24, 2.45) is 5.10 Å². The summed E-state index contributed by atoms with van der Waals surface area (Å²) in [4.78, 5) is 27.4. The van der Waals surface area contributed by atoms with Gasteiger partial charge in [0.2, 0.25) is 5.13 Å². The summed E-state index contributed by atoms with van der Waals surface area (Å²) in [6, 6.07) is 15.2. The summed E-state index contributed by atoms with van der Waals surface area (Å²) in [6.07, 6.45) is 3.02. The van der Waals surface area contributed by atoms with E-state index in [1.165, 1.54) is 29.7 Å². The van der Waals surface area contributed by atoms with E-state index in [-0.39, 0.29) is 5.69 Å². The number of nitro benzene ring substituents is 1. The van der Waals surface area contributed by atoms with E-state index in [1.807, 2.05) is 12.1 Å². The molecular formula is C19H12N4O4S. The molecule has 2 aromatic carbocycles. The highest BCUT2D eigenvalue weighted by molar-refractivity contribution is 7.18. The van der Waals surface area contributed by atoms with Crippen molar-refractivity contribution in [3.63, 3.8) is 0 Å². The number of rotatable bonds is 5. The van der Waals surface area contributed by atoms with E-state index in [4.69, 9.17) is 4.42 Å². The Morgan fingerprint density at radius 3 is 2.89 bits per heavy atom. The topological polar surface area (TPSA) is 111 Å². The molecule has 0 spiro atoms. The Morgan fingerprint density at radius 2 is 2.04 bits per heavy atom. The molecule has 4 aromatic rings. The number of benzene rings is 2. The fourth-order valence-electron chi connectivity index (χ4n) is 2.56. The maximum absolute atomic E-state index is 12.2. The third-order valence-corrected chi connectivity index (χ3v) is 4.80. The van der Waals surface area contributed by atoms with Crippen LogP contribution in [0, 0.1) is 10.1 Å². The normalized spacial score (nSPS) is 11.1. The number of non-ortho nitro benzene ring substituents is 1. The van der Waals surface area contributed by atoms with Crippen molar-refractivity contribution in [2.75, 3.05) is 5.43 Å². The second-order valence-electron chi connectivity index (χ2n) is 5.74. The van der Waals surface area contributed by atoms with Crippen LogP contribution in [0.15, 0.2) is 75.1 Å². The molecule has 4 rings (SSSR count). The van der Waals surface area contributed by atoms with Gasteiger partial charge in [-0.15, -0.1) is 0 Å². The van der Waals surface area contributed by atoms with Crippen LogP contribution in [-0.2, 0) is 0 Å². The highest BCUT2D eigenvalue weighted by Crippen LogP contribution is 2.28. The number of para-hydroxylation sites is 1. The smallest absolute Gasteiger partial charge is 0.345 e. The molecule has 1 N–H and O–H groups in total. The molecule has 28 heavy (non-hydrogen) atoms. The molecule has 2 heterocycles. The maximum Gasteiger partial charge on any atom is 0.345 e. The lowest BCUT2D eigenvalue weighted by Crippen LogP contribution is -2.01. The molecule has 138 valence electrons. The SMILES string of the molecule is O=c1oc2ccccc2cc1-c1cnc(N/N=C\c2cccc([N+](=O)[O-])c2)s1. The van der Waals surface area contributed by atoms with Crippen LogP contribution in [0.5, 0.6) is 0 Å². The van der Waals surface area contributed by atoms with Crippen LogP contribution in [0.1, 0.15) is 5.56 Å². The summed E-state index contributed by atoms with van der Waals surface area (Å²) in [5, 5.41) is 16.1. The molecule has 0 saturated heterocycles. The summed E-state index contributed by atoms with van der Waals surface area (Å²) in [5.41, 5.74) is 3.85. The molecule has 0 radical (unpaired) electrons. The molecule has 0 atom stereocenters. The minimum Gasteiger partial charge on any atom is -0.422 e. The Balaban J connectivity index is 1.54. The van der Waals surface area contributed by atoms with Crippen LogP contribution in [0.3, 0.4) is 0 Å². The van der Waals surface area contributed by atoms with Crippen molar-refractivity contribution in [1.29, 1.82) is 0 Å². The number of hydrogen-bond donors (Lipinski definition) is 1. The van der Waals surface area contributed by atoms with Gasteiger partial charge in [0, 0.05) is 29.3 Å². The standard InChI is InChI=1S/C19H12N4O4S/c24-18-15(9-13-5-1-2-7-16(13)27-18)17-11-20-19(28-17)22-21-10-12-4-3-6-14(8-12)23(25)26/h1-11H,(H,20,22)/b21-10-. The number of anilines is 1. The van der Waals surface area contributed by atoms with Crippen LogP contribution in [0.25, 0.3) is 21.4 Å². The maximum atomic E-state index is 12.2. The molecule has 0 aliphatic carbocycles. The number of aromatic nitrogens is 1. The van der Waals surface area contributed by atoms with E-state index < -0.39 is 10.5 Å². The van der Waals surface area contributed by atoms with Gasteiger partial charge in [-0.1, -0.05) is 41.7 Å². The minimum absolute atomic E-state index is 0.0106. The summed E-state index contributed by atoms with van der Waals surface area (Å²) >= 11 is 1.25. The van der Waals surface area contributed by atoms with E-state index in [0.29, 0.717) is 26.7 Å². The first kappa shape index (κ1) is 17.6. The Kier molecular flexibility index (Phi) is 4.65.